The van der Waals surface area contributed by atoms with Gasteiger partial charge in [-0.05, 0) is 175 Å². The van der Waals surface area contributed by atoms with Crippen molar-refractivity contribution in [3.8, 4) is 0 Å². The Morgan fingerprint density at radius 2 is 0.625 bits per heavy atom. The molecule has 0 saturated carbocycles. The number of carboxylic acid groups (broad SMARTS) is 1. The molecule has 8 aromatic carbocycles. The van der Waals surface area contributed by atoms with E-state index in [-0.39, 0.29) is 63.3 Å². The van der Waals surface area contributed by atoms with Gasteiger partial charge in [0.1, 0.15) is 0 Å². The molecule has 2 aliphatic heterocycles. The predicted octanol–water partition coefficient (Wildman–Crippen LogP) is 27.2. The Labute approximate surface area is 715 Å². The molecule has 2 aliphatic rings. The number of ether oxygens (including phenoxy) is 2. The van der Waals surface area contributed by atoms with Gasteiger partial charge in [0.2, 0.25) is 0 Å². The molecule has 0 radical (unpaired) electrons. The Balaban J connectivity index is 0.00000141. The first kappa shape index (κ1) is 105. The van der Waals surface area contributed by atoms with Crippen molar-refractivity contribution in [2.24, 2.45) is 0 Å². The van der Waals surface area contributed by atoms with Gasteiger partial charge >= 0.3 is 90.6 Å². The van der Waals surface area contributed by atoms with Gasteiger partial charge in [-0.1, -0.05) is 257 Å². The standard InChI is InChI=1S/2C27H37N2.2C16H15F2O2.C2H4O2.C2H3O.2CH3.Ag.2Au.BrH.O/c2*1-18(2)22-11-9-12-23(19(3)4)26(22)28-15-16-29(17-28)27-24(20(5)6)13-10-14-25(27)21(7)8;2*17-15(18)7-3-4-10-20-16(19)14-9-8-12-5-1-2-6-13(12)11-14;1-2(3)4;1-2-3;;;;;;;/h2*9-21H,1-8H3;2*1-2,5-6,8-9,11H,3-4,7,10H2;1H3,(H,3,4);1H3;2*1H3;;;;1H;/q4*-1;;3*-1;;+1;+3;;/p-1. The van der Waals surface area contributed by atoms with Crippen molar-refractivity contribution in [1.29, 1.82) is 0 Å². The number of aliphatic carboxylic acids is 1. The number of benzene rings is 8. The number of para-hydroxylation sites is 4. The Morgan fingerprint density at radius 3 is 0.821 bits per heavy atom. The number of carboxylic acids is 1. The van der Waals surface area contributed by atoms with Gasteiger partial charge in [0.25, 0.3) is 5.97 Å². The molecule has 0 aliphatic carbocycles. The fourth-order valence-corrected chi connectivity index (χ4v) is 12.3. The molecule has 20 heteroatoms. The molecular formula is C92H117AgAu2BrF4N4O8-4. The van der Waals surface area contributed by atoms with Crippen molar-refractivity contribution < 1.29 is 117 Å². The van der Waals surface area contributed by atoms with E-state index in [0.717, 1.165) is 28.5 Å². The van der Waals surface area contributed by atoms with Crippen molar-refractivity contribution in [3.63, 3.8) is 0 Å². The zero-order valence-electron chi connectivity index (χ0n) is 68.6. The minimum absolute atomic E-state index is 0. The molecule has 0 aromatic heterocycles. The molecule has 0 atom stereocenters. The van der Waals surface area contributed by atoms with E-state index in [1.165, 1.54) is 80.5 Å². The van der Waals surface area contributed by atoms with Gasteiger partial charge in [-0.2, -0.15) is 6.92 Å². The molecule has 8 aromatic rings. The molecule has 12 nitrogen and oxygen atoms in total. The fraction of sp³-hybridized carbons (Fsp3) is 0.370. The van der Waals surface area contributed by atoms with Gasteiger partial charge in [-0.15, -0.1) is 26.2 Å². The first-order valence-corrected chi connectivity index (χ1v) is 42.3. The number of esters is 2. The fourth-order valence-electron chi connectivity index (χ4n) is 12.3. The van der Waals surface area contributed by atoms with Crippen LogP contribution < -0.4 is 19.6 Å². The molecule has 1 N–H and O–H groups in total. The summed E-state index contributed by atoms with van der Waals surface area (Å²) >= 11 is 6.67. The van der Waals surface area contributed by atoms with Crippen LogP contribution in [0.4, 0.5) is 40.3 Å². The summed E-state index contributed by atoms with van der Waals surface area (Å²) in [5.74, 6) is 2.18. The summed E-state index contributed by atoms with van der Waals surface area (Å²) in [6.45, 7) is 43.8. The van der Waals surface area contributed by atoms with E-state index in [1.807, 2.05) is 60.7 Å². The van der Waals surface area contributed by atoms with Gasteiger partial charge in [0.05, 0.1) is 24.3 Å². The topological polar surface area (TPSA) is 137 Å². The van der Waals surface area contributed by atoms with Gasteiger partial charge in [-0.3, -0.25) is 11.1 Å². The van der Waals surface area contributed by atoms with Crippen molar-refractivity contribution in [2.45, 2.75) is 210 Å². The minimum atomic E-state index is -1.58. The molecular weight excluding hydrogens is 1950 g/mol. The van der Waals surface area contributed by atoms with E-state index in [0.29, 0.717) is 84.2 Å². The van der Waals surface area contributed by atoms with E-state index in [9.17, 15) is 27.2 Å². The second-order valence-electron chi connectivity index (χ2n) is 28.5. The number of unbranched alkanes of at least 4 members (excludes halogenated alkanes) is 2. The number of carbonyl (C=O) groups is 3. The van der Waals surface area contributed by atoms with Crippen LogP contribution in [0.25, 0.3) is 21.5 Å². The van der Waals surface area contributed by atoms with Crippen LogP contribution in [0.15, 0.2) is 183 Å². The molecule has 0 bridgehead atoms. The Bertz CT molecular complexity index is 3650. The first-order chi connectivity index (χ1) is 51.9. The van der Waals surface area contributed by atoms with E-state index >= 15 is 0 Å². The molecule has 0 amide bonds. The van der Waals surface area contributed by atoms with E-state index in [4.69, 9.17) is 27.4 Å². The summed E-state index contributed by atoms with van der Waals surface area (Å²) in [6, 6.07) is 53.1. The third kappa shape index (κ3) is 33.6. The zero-order valence-corrected chi connectivity index (χ0v) is 76.0. The zero-order chi connectivity index (χ0) is 81.6. The number of anilines is 4. The summed E-state index contributed by atoms with van der Waals surface area (Å²) in [7, 11) is 0. The molecule has 10 rings (SSSR count). The van der Waals surface area contributed by atoms with E-state index in [1.54, 1.807) is 45.3 Å². The molecule has 0 fully saturated rings. The third-order valence-corrected chi connectivity index (χ3v) is 17.6. The number of hydrogen-bond acceptors (Lipinski definition) is 11. The van der Waals surface area contributed by atoms with E-state index < -0.39 is 30.8 Å². The normalized spacial score (nSPS) is 11.8. The number of rotatable bonds is 24. The first-order valence-electron chi connectivity index (χ1n) is 37.0. The van der Waals surface area contributed by atoms with Crippen LogP contribution in [0.1, 0.15) is 276 Å². The number of nitrogens with zero attached hydrogens (tertiary/aromatic N) is 4. The van der Waals surface area contributed by atoms with Crippen LogP contribution in [0.2, 0.25) is 0 Å². The molecule has 0 unspecified atom stereocenters. The summed E-state index contributed by atoms with van der Waals surface area (Å²) in [5.41, 5.74) is 17.5. The monoisotopic (exact) mass is 2060 g/mol. The Kier molecular flexibility index (Phi) is 52.4. The van der Waals surface area contributed by atoms with E-state index in [2.05, 4.69) is 273 Å². The van der Waals surface area contributed by atoms with Crippen LogP contribution in [-0.4, -0.2) is 42.5 Å². The molecule has 0 spiro atoms. The molecule has 2 heterocycles. The van der Waals surface area contributed by atoms with Crippen LogP contribution >= 0.6 is 13.0 Å². The van der Waals surface area contributed by atoms with Crippen molar-refractivity contribution in [2.75, 3.05) is 32.8 Å². The second-order valence-corrected chi connectivity index (χ2v) is 28.5. The van der Waals surface area contributed by atoms with Gasteiger partial charge in [0, 0.05) is 42.5 Å². The predicted molar refractivity (Wildman–Crippen MR) is 449 cm³/mol. The maximum atomic E-state index is 11.8. The Hall–Kier alpha value is -6.74. The van der Waals surface area contributed by atoms with Crippen LogP contribution in [-0.2, 0) is 84.7 Å². The van der Waals surface area contributed by atoms with Gasteiger partial charge in [-0.25, -0.2) is 9.59 Å². The molecule has 112 heavy (non-hydrogen) atoms. The Morgan fingerprint density at radius 1 is 0.420 bits per heavy atom. The summed E-state index contributed by atoms with van der Waals surface area (Å²) in [6.07, 6.45) is 8.29. The third-order valence-electron chi connectivity index (χ3n) is 17.6. The van der Waals surface area contributed by atoms with Crippen LogP contribution in [0, 0.1) is 41.0 Å². The van der Waals surface area contributed by atoms with Gasteiger partial charge < -0.3 is 71.4 Å². The van der Waals surface area contributed by atoms with Crippen molar-refractivity contribution >= 4 is 81.5 Å². The second kappa shape index (κ2) is 55.7. The number of halogens is 5. The SMILES string of the molecule is CC(=O)O.CC(C)c1cccc(C(C)C)c1N1C=CN(c2c(C(C)C)cccc2C(C)C)[CH-]1.CC(C)c1cccc(C(C)C)c1N1C=CN(c2c(C(C)C)cccc2C(C)C)[CH-]1.C[C-]=O.O=C(OCCCC[C-](F)F)c1ccc2ccccc2c1.O=C(OCCCC[C-](F)F)c1ccc2ccccc2c1.[Au+3].[Br][Au].[CH3-].[CH3-].[O]=[Ag]. The van der Waals surface area contributed by atoms with Crippen molar-refractivity contribution in [3.05, 3.63) is 279 Å². The molecule has 0 saturated heterocycles. The average molecular weight is 2060 g/mol. The van der Waals surface area contributed by atoms with Crippen LogP contribution in [0.5, 0.6) is 0 Å². The van der Waals surface area contributed by atoms with Gasteiger partial charge in [0.15, 0.2) is 0 Å². The van der Waals surface area contributed by atoms with Crippen molar-refractivity contribution in [1.82, 2.24) is 0 Å². The average Bonchev–Trinajstić information content (AvgIpc) is 1.61. The quantitative estimate of drug-likeness (QED) is 0.0203. The summed E-state index contributed by atoms with van der Waals surface area (Å²) in [5, 5.41) is 11.5. The maximum absolute atomic E-state index is 11.8. The number of hydrogen-bond donors (Lipinski definition) is 1. The molecule has 625 valence electrons. The number of fused-ring (bicyclic) bond motifs is 2. The summed E-state index contributed by atoms with van der Waals surface area (Å²) < 4.78 is 65.6. The summed E-state index contributed by atoms with van der Waals surface area (Å²) in [4.78, 5) is 50.6. The van der Waals surface area contributed by atoms with Crippen LogP contribution in [0.3, 0.4) is 0 Å². The number of carbonyl (C=O) groups excluding carboxylic acids is 3.